The summed E-state index contributed by atoms with van der Waals surface area (Å²) >= 11 is 1.67. The van der Waals surface area contributed by atoms with Gasteiger partial charge in [0.15, 0.2) is 5.96 Å². The number of hydrogen-bond acceptors (Lipinski definition) is 4. The van der Waals surface area contributed by atoms with E-state index in [2.05, 4.69) is 25.9 Å². The van der Waals surface area contributed by atoms with E-state index in [4.69, 9.17) is 0 Å². The Balaban J connectivity index is 1.75. The van der Waals surface area contributed by atoms with Crippen molar-refractivity contribution in [1.29, 1.82) is 0 Å². The molecule has 1 amide bonds. The third-order valence-electron chi connectivity index (χ3n) is 3.70. The number of nitrogens with one attached hydrogen (secondary N) is 3. The maximum absolute atomic E-state index is 12.0. The van der Waals surface area contributed by atoms with Gasteiger partial charge in [0.2, 0.25) is 5.91 Å². The summed E-state index contributed by atoms with van der Waals surface area (Å²) in [6.07, 6.45) is 0.399. The summed E-state index contributed by atoms with van der Waals surface area (Å²) in [5.41, 5.74) is 2.13. The number of hydrogen-bond donors (Lipinski definition) is 3. The summed E-state index contributed by atoms with van der Waals surface area (Å²) < 4.78 is 0. The van der Waals surface area contributed by atoms with Crippen LogP contribution in [0.3, 0.4) is 0 Å². The monoisotopic (exact) mass is 373 g/mol. The number of rotatable bonds is 8. The number of aromatic nitrogens is 1. The molecular weight excluding hydrogens is 346 g/mol. The van der Waals surface area contributed by atoms with Gasteiger partial charge in [-0.1, -0.05) is 30.3 Å². The van der Waals surface area contributed by atoms with Crippen LogP contribution in [-0.2, 0) is 17.9 Å². The molecule has 3 N–H and O–H groups in total. The number of amides is 1. The minimum Gasteiger partial charge on any atom is -0.357 e. The molecule has 0 aliphatic rings. The van der Waals surface area contributed by atoms with Crippen LogP contribution >= 0.6 is 11.3 Å². The standard InChI is InChI=1S/C19H27N5OS/c1-4-20-19(23-13-17-14(2)24-15(3)26-17)21-11-10-18(25)22-12-16-8-6-5-7-9-16/h5-9H,4,10-13H2,1-3H3,(H,22,25)(H2,20,21,23). The normalized spacial score (nSPS) is 11.3. The third-order valence-corrected chi connectivity index (χ3v) is 4.76. The molecule has 0 aliphatic heterocycles. The average molecular weight is 374 g/mol. The third kappa shape index (κ3) is 6.84. The van der Waals surface area contributed by atoms with Crippen molar-refractivity contribution in [2.45, 2.75) is 40.3 Å². The number of thiazole rings is 1. The van der Waals surface area contributed by atoms with Crippen molar-refractivity contribution >= 4 is 23.2 Å². The van der Waals surface area contributed by atoms with Crippen LogP contribution in [0.15, 0.2) is 35.3 Å². The van der Waals surface area contributed by atoms with E-state index in [-0.39, 0.29) is 5.91 Å². The minimum atomic E-state index is 0.0196. The van der Waals surface area contributed by atoms with Crippen molar-refractivity contribution in [3.8, 4) is 0 Å². The van der Waals surface area contributed by atoms with E-state index in [1.54, 1.807) is 11.3 Å². The fourth-order valence-electron chi connectivity index (χ4n) is 2.39. The van der Waals surface area contributed by atoms with Gasteiger partial charge in [-0.2, -0.15) is 0 Å². The molecule has 0 unspecified atom stereocenters. The number of aryl methyl sites for hydroxylation is 2. The van der Waals surface area contributed by atoms with Gasteiger partial charge in [0.25, 0.3) is 0 Å². The van der Waals surface area contributed by atoms with Gasteiger partial charge in [0.1, 0.15) is 0 Å². The van der Waals surface area contributed by atoms with E-state index >= 15 is 0 Å². The van der Waals surface area contributed by atoms with Crippen LogP contribution in [0, 0.1) is 13.8 Å². The lowest BCUT2D eigenvalue weighted by molar-refractivity contribution is -0.121. The molecule has 2 rings (SSSR count). The summed E-state index contributed by atoms with van der Waals surface area (Å²) in [7, 11) is 0. The minimum absolute atomic E-state index is 0.0196. The van der Waals surface area contributed by atoms with Gasteiger partial charge in [-0.15, -0.1) is 11.3 Å². The summed E-state index contributed by atoms with van der Waals surface area (Å²) in [6.45, 7) is 8.48. The zero-order valence-corrected chi connectivity index (χ0v) is 16.4. The fraction of sp³-hybridized carbons (Fsp3) is 0.421. The van der Waals surface area contributed by atoms with Crippen LogP contribution < -0.4 is 16.0 Å². The molecule has 1 aromatic heterocycles. The van der Waals surface area contributed by atoms with Crippen molar-refractivity contribution < 1.29 is 4.79 Å². The second-order valence-electron chi connectivity index (χ2n) is 5.88. The Morgan fingerprint density at radius 3 is 2.58 bits per heavy atom. The maximum Gasteiger partial charge on any atom is 0.222 e. The zero-order valence-electron chi connectivity index (χ0n) is 15.6. The first-order valence-corrected chi connectivity index (χ1v) is 9.66. The van der Waals surface area contributed by atoms with Crippen molar-refractivity contribution in [3.63, 3.8) is 0 Å². The summed E-state index contributed by atoms with van der Waals surface area (Å²) in [4.78, 5) is 22.1. The van der Waals surface area contributed by atoms with Crippen molar-refractivity contribution in [2.75, 3.05) is 13.1 Å². The Labute approximate surface area is 159 Å². The number of carbonyl (C=O) groups is 1. The molecular formula is C19H27N5OS. The van der Waals surface area contributed by atoms with Gasteiger partial charge in [-0.05, 0) is 26.3 Å². The molecule has 1 heterocycles. The number of benzene rings is 1. The topological polar surface area (TPSA) is 78.4 Å². The van der Waals surface area contributed by atoms with Gasteiger partial charge in [0, 0.05) is 30.9 Å². The molecule has 0 aliphatic carbocycles. The van der Waals surface area contributed by atoms with E-state index in [1.807, 2.05) is 51.1 Å². The van der Waals surface area contributed by atoms with Crippen LogP contribution in [0.2, 0.25) is 0 Å². The summed E-state index contributed by atoms with van der Waals surface area (Å²) in [5, 5.41) is 10.4. The number of guanidine groups is 1. The second-order valence-corrected chi connectivity index (χ2v) is 7.16. The molecule has 6 nitrogen and oxygen atoms in total. The highest BCUT2D eigenvalue weighted by atomic mass is 32.1. The van der Waals surface area contributed by atoms with Crippen molar-refractivity contribution in [1.82, 2.24) is 20.9 Å². The van der Waals surface area contributed by atoms with Crippen molar-refractivity contribution in [2.24, 2.45) is 4.99 Å². The molecule has 7 heteroatoms. The Bertz CT molecular complexity index is 727. The Hall–Kier alpha value is -2.41. The molecule has 0 fully saturated rings. The van der Waals surface area contributed by atoms with Gasteiger partial charge >= 0.3 is 0 Å². The lowest BCUT2D eigenvalue weighted by Gasteiger charge is -2.11. The van der Waals surface area contributed by atoms with Gasteiger partial charge < -0.3 is 16.0 Å². The molecule has 0 radical (unpaired) electrons. The molecule has 26 heavy (non-hydrogen) atoms. The fourth-order valence-corrected chi connectivity index (χ4v) is 3.25. The first-order chi connectivity index (χ1) is 12.6. The molecule has 0 bridgehead atoms. The molecule has 1 aromatic carbocycles. The zero-order chi connectivity index (χ0) is 18.8. The average Bonchev–Trinajstić information content (AvgIpc) is 2.96. The first kappa shape index (κ1) is 19.9. The van der Waals surface area contributed by atoms with Crippen molar-refractivity contribution in [3.05, 3.63) is 51.5 Å². The van der Waals surface area contributed by atoms with Crippen LogP contribution in [0.4, 0.5) is 0 Å². The highest BCUT2D eigenvalue weighted by Gasteiger charge is 2.06. The van der Waals surface area contributed by atoms with E-state index < -0.39 is 0 Å². The largest absolute Gasteiger partial charge is 0.357 e. The van der Waals surface area contributed by atoms with Gasteiger partial charge in [0.05, 0.1) is 17.2 Å². The van der Waals surface area contributed by atoms with Gasteiger partial charge in [-0.3, -0.25) is 4.79 Å². The molecule has 2 aromatic rings. The van der Waals surface area contributed by atoms with Crippen LogP contribution in [0.1, 0.15) is 34.5 Å². The first-order valence-electron chi connectivity index (χ1n) is 8.84. The Morgan fingerprint density at radius 2 is 1.92 bits per heavy atom. The van der Waals surface area contributed by atoms with Gasteiger partial charge in [-0.25, -0.2) is 9.98 Å². The lowest BCUT2D eigenvalue weighted by atomic mass is 10.2. The highest BCUT2D eigenvalue weighted by Crippen LogP contribution is 2.17. The van der Waals surface area contributed by atoms with E-state index in [1.165, 1.54) is 4.88 Å². The lowest BCUT2D eigenvalue weighted by Crippen LogP contribution is -2.39. The predicted octanol–water partition coefficient (Wildman–Crippen LogP) is 2.52. The number of carbonyl (C=O) groups excluding carboxylic acids is 1. The van der Waals surface area contributed by atoms with Crippen LogP contribution in [0.25, 0.3) is 0 Å². The Morgan fingerprint density at radius 1 is 1.15 bits per heavy atom. The van der Waals surface area contributed by atoms with E-state index in [9.17, 15) is 4.79 Å². The SMILES string of the molecule is CCNC(=NCc1sc(C)nc1C)NCCC(=O)NCc1ccccc1. The number of nitrogens with zero attached hydrogens (tertiary/aromatic N) is 2. The van der Waals surface area contributed by atoms with E-state index in [0.717, 1.165) is 22.8 Å². The maximum atomic E-state index is 12.0. The van der Waals surface area contributed by atoms with E-state index in [0.29, 0.717) is 32.0 Å². The molecule has 0 saturated carbocycles. The highest BCUT2D eigenvalue weighted by molar-refractivity contribution is 7.11. The number of aliphatic imine (C=N–C) groups is 1. The predicted molar refractivity (Wildman–Crippen MR) is 107 cm³/mol. The Kier molecular flexibility index (Phi) is 8.08. The smallest absolute Gasteiger partial charge is 0.222 e. The molecule has 0 atom stereocenters. The summed E-state index contributed by atoms with van der Waals surface area (Å²) in [6, 6.07) is 9.89. The van der Waals surface area contributed by atoms with Crippen LogP contribution in [-0.4, -0.2) is 29.9 Å². The quantitative estimate of drug-likeness (QED) is 0.491. The molecule has 0 spiro atoms. The molecule has 140 valence electrons. The van der Waals surface area contributed by atoms with Crippen LogP contribution in [0.5, 0.6) is 0 Å². The second kappa shape index (κ2) is 10.6. The summed E-state index contributed by atoms with van der Waals surface area (Å²) in [5.74, 6) is 0.736. The molecule has 0 saturated heterocycles.